The molecule has 1 aliphatic rings. The van der Waals surface area contributed by atoms with Crippen LogP contribution in [0.4, 0.5) is 0 Å². The zero-order chi connectivity index (χ0) is 9.10. The highest BCUT2D eigenvalue weighted by atomic mass is 35.5. The first-order chi connectivity index (χ1) is 6.40. The molecule has 0 spiro atoms. The number of rotatable bonds is 2. The lowest BCUT2D eigenvalue weighted by molar-refractivity contribution is 0.0837. The Kier molecular flexibility index (Phi) is 2.86. The van der Waals surface area contributed by atoms with Crippen molar-refractivity contribution in [2.45, 2.75) is 24.6 Å². The van der Waals surface area contributed by atoms with E-state index in [-0.39, 0.29) is 0 Å². The van der Waals surface area contributed by atoms with Gasteiger partial charge in [-0.25, -0.2) is 4.98 Å². The summed E-state index contributed by atoms with van der Waals surface area (Å²) in [6.07, 6.45) is 3.95. The van der Waals surface area contributed by atoms with E-state index in [4.69, 9.17) is 16.3 Å². The number of hydrogen-bond acceptors (Lipinski definition) is 2. The van der Waals surface area contributed by atoms with E-state index in [1.807, 2.05) is 6.20 Å². The van der Waals surface area contributed by atoms with Gasteiger partial charge in [-0.1, -0.05) is 0 Å². The summed E-state index contributed by atoms with van der Waals surface area (Å²) in [5.41, 5.74) is 1.00. The predicted molar refractivity (Wildman–Crippen MR) is 50.9 cm³/mol. The third kappa shape index (κ3) is 2.03. The fraction of sp³-hybridized carbons (Fsp3) is 0.667. The first-order valence-electron chi connectivity index (χ1n) is 4.57. The smallest absolute Gasteiger partial charge is 0.109 e. The van der Waals surface area contributed by atoms with Crippen LogP contribution < -0.4 is 0 Å². The van der Waals surface area contributed by atoms with Crippen molar-refractivity contribution in [3.8, 4) is 0 Å². The number of alkyl halides is 1. The molecule has 0 bridgehead atoms. The summed E-state index contributed by atoms with van der Waals surface area (Å²) < 4.78 is 5.29. The maximum atomic E-state index is 5.68. The highest BCUT2D eigenvalue weighted by molar-refractivity contribution is 6.16. The Bertz CT molecular complexity index is 268. The van der Waals surface area contributed by atoms with Crippen molar-refractivity contribution in [3.63, 3.8) is 0 Å². The fourth-order valence-corrected chi connectivity index (χ4v) is 1.76. The van der Waals surface area contributed by atoms with Crippen molar-refractivity contribution >= 4 is 11.6 Å². The number of ether oxygens (including phenoxy) is 1. The van der Waals surface area contributed by atoms with Crippen LogP contribution in [-0.4, -0.2) is 23.2 Å². The van der Waals surface area contributed by atoms with Crippen LogP contribution >= 0.6 is 11.6 Å². The lowest BCUT2D eigenvalue weighted by atomic mass is 10.00. The number of nitrogens with one attached hydrogen (secondary N) is 1. The molecule has 72 valence electrons. The van der Waals surface area contributed by atoms with Crippen LogP contribution in [0.5, 0.6) is 0 Å². The average Bonchev–Trinajstić information content (AvgIpc) is 2.67. The second-order valence-electron chi connectivity index (χ2n) is 3.31. The second-order valence-corrected chi connectivity index (χ2v) is 3.58. The van der Waals surface area contributed by atoms with Crippen molar-refractivity contribution in [1.29, 1.82) is 0 Å². The number of H-pyrrole nitrogens is 1. The van der Waals surface area contributed by atoms with E-state index in [9.17, 15) is 0 Å². The largest absolute Gasteiger partial charge is 0.381 e. The van der Waals surface area contributed by atoms with Crippen LogP contribution in [0.1, 0.15) is 30.3 Å². The van der Waals surface area contributed by atoms with E-state index in [1.54, 1.807) is 0 Å². The number of imidazole rings is 1. The Labute approximate surface area is 82.5 Å². The molecule has 0 aliphatic carbocycles. The number of nitrogens with zero attached hydrogens (tertiary/aromatic N) is 1. The molecule has 0 amide bonds. The van der Waals surface area contributed by atoms with Gasteiger partial charge >= 0.3 is 0 Å². The Morgan fingerprint density at radius 2 is 2.31 bits per heavy atom. The molecule has 0 saturated carbocycles. The van der Waals surface area contributed by atoms with Gasteiger partial charge < -0.3 is 9.72 Å². The first-order valence-corrected chi connectivity index (χ1v) is 5.11. The predicted octanol–water partition coefficient (Wildman–Crippen LogP) is 2.04. The average molecular weight is 201 g/mol. The fourth-order valence-electron chi connectivity index (χ4n) is 1.62. The van der Waals surface area contributed by atoms with E-state index < -0.39 is 0 Å². The van der Waals surface area contributed by atoms with Crippen molar-refractivity contribution in [1.82, 2.24) is 9.97 Å². The summed E-state index contributed by atoms with van der Waals surface area (Å²) in [6.45, 7) is 1.70. The first kappa shape index (κ1) is 9.03. The number of aromatic nitrogens is 2. The van der Waals surface area contributed by atoms with Gasteiger partial charge in [0.05, 0.1) is 5.88 Å². The van der Waals surface area contributed by atoms with E-state index >= 15 is 0 Å². The lowest BCUT2D eigenvalue weighted by Crippen LogP contribution is -2.15. The molecule has 0 atom stereocenters. The molecule has 2 rings (SSSR count). The second kappa shape index (κ2) is 4.11. The van der Waals surface area contributed by atoms with Crippen LogP contribution in [-0.2, 0) is 10.6 Å². The van der Waals surface area contributed by atoms with Gasteiger partial charge in [0.15, 0.2) is 0 Å². The minimum atomic E-state index is 0.510. The van der Waals surface area contributed by atoms with Crippen molar-refractivity contribution in [2.24, 2.45) is 0 Å². The summed E-state index contributed by atoms with van der Waals surface area (Å²) in [4.78, 5) is 7.55. The van der Waals surface area contributed by atoms with Gasteiger partial charge in [0.2, 0.25) is 0 Å². The van der Waals surface area contributed by atoms with Crippen LogP contribution in [0.25, 0.3) is 0 Å². The van der Waals surface area contributed by atoms with Crippen molar-refractivity contribution in [2.75, 3.05) is 13.2 Å². The Balaban J connectivity index is 2.05. The Hall–Kier alpha value is -0.540. The standard InChI is InChI=1S/C9H13ClN2O/c10-5-8-6-11-9(12-8)7-1-3-13-4-2-7/h6-7H,1-5H2,(H,11,12). The monoisotopic (exact) mass is 200 g/mol. The van der Waals surface area contributed by atoms with E-state index in [0.717, 1.165) is 37.6 Å². The molecule has 1 aromatic heterocycles. The van der Waals surface area contributed by atoms with Crippen molar-refractivity contribution < 1.29 is 4.74 Å². The number of aromatic amines is 1. The normalized spacial score (nSPS) is 19.2. The van der Waals surface area contributed by atoms with Gasteiger partial charge in [-0.15, -0.1) is 11.6 Å². The van der Waals surface area contributed by atoms with E-state index in [1.165, 1.54) is 0 Å². The maximum Gasteiger partial charge on any atom is 0.109 e. The molecular weight excluding hydrogens is 188 g/mol. The third-order valence-electron chi connectivity index (χ3n) is 2.40. The summed E-state index contributed by atoms with van der Waals surface area (Å²) >= 11 is 5.68. The van der Waals surface area contributed by atoms with Crippen molar-refractivity contribution in [3.05, 3.63) is 17.7 Å². The van der Waals surface area contributed by atoms with Gasteiger partial charge in [-0.2, -0.15) is 0 Å². The molecule has 0 aromatic carbocycles. The molecule has 1 fully saturated rings. The highest BCUT2D eigenvalue weighted by Gasteiger charge is 2.18. The highest BCUT2D eigenvalue weighted by Crippen LogP contribution is 2.24. The summed E-state index contributed by atoms with van der Waals surface area (Å²) in [5, 5.41) is 0. The number of hydrogen-bond donors (Lipinski definition) is 1. The van der Waals surface area contributed by atoms with E-state index in [0.29, 0.717) is 11.8 Å². The summed E-state index contributed by atoms with van der Waals surface area (Å²) in [5.74, 6) is 2.11. The summed E-state index contributed by atoms with van der Waals surface area (Å²) in [6, 6.07) is 0. The molecule has 1 aromatic rings. The van der Waals surface area contributed by atoms with E-state index in [2.05, 4.69) is 9.97 Å². The van der Waals surface area contributed by atoms with Crippen LogP contribution in [0.15, 0.2) is 6.20 Å². The molecule has 2 heterocycles. The topological polar surface area (TPSA) is 37.9 Å². The quantitative estimate of drug-likeness (QED) is 0.742. The molecule has 1 N–H and O–H groups in total. The number of halogens is 1. The van der Waals surface area contributed by atoms with Gasteiger partial charge in [-0.3, -0.25) is 0 Å². The maximum absolute atomic E-state index is 5.68. The molecule has 3 nitrogen and oxygen atoms in total. The van der Waals surface area contributed by atoms with Gasteiger partial charge in [-0.05, 0) is 12.8 Å². The zero-order valence-electron chi connectivity index (χ0n) is 7.42. The van der Waals surface area contributed by atoms with Crippen LogP contribution in [0.3, 0.4) is 0 Å². The van der Waals surface area contributed by atoms with Gasteiger partial charge in [0, 0.05) is 31.0 Å². The molecule has 13 heavy (non-hydrogen) atoms. The van der Waals surface area contributed by atoms with Crippen LogP contribution in [0, 0.1) is 0 Å². The van der Waals surface area contributed by atoms with Gasteiger partial charge in [0.1, 0.15) is 5.82 Å². The lowest BCUT2D eigenvalue weighted by Gasteiger charge is -2.19. The zero-order valence-corrected chi connectivity index (χ0v) is 8.18. The third-order valence-corrected chi connectivity index (χ3v) is 2.69. The molecule has 0 unspecified atom stereocenters. The molecule has 4 heteroatoms. The molecule has 0 radical (unpaired) electrons. The molecular formula is C9H13ClN2O. The minimum Gasteiger partial charge on any atom is -0.381 e. The molecule has 1 aliphatic heterocycles. The molecule has 1 saturated heterocycles. The summed E-state index contributed by atoms with van der Waals surface area (Å²) in [7, 11) is 0. The van der Waals surface area contributed by atoms with Crippen LogP contribution in [0.2, 0.25) is 0 Å². The Morgan fingerprint density at radius 3 is 2.92 bits per heavy atom. The Morgan fingerprint density at radius 1 is 1.54 bits per heavy atom. The van der Waals surface area contributed by atoms with Gasteiger partial charge in [0.25, 0.3) is 0 Å². The SMILES string of the molecule is ClCc1cnc(C2CCOCC2)[nH]1. The minimum absolute atomic E-state index is 0.510.